The lowest BCUT2D eigenvalue weighted by Crippen LogP contribution is -2.37. The van der Waals surface area contributed by atoms with Gasteiger partial charge in [-0.25, -0.2) is 0 Å². The van der Waals surface area contributed by atoms with E-state index in [2.05, 4.69) is 25.1 Å². The third-order valence-corrected chi connectivity index (χ3v) is 5.79. The van der Waals surface area contributed by atoms with E-state index in [0.717, 1.165) is 12.5 Å². The first-order valence-electron chi connectivity index (χ1n) is 8.55. The average molecular weight is 271 g/mol. The van der Waals surface area contributed by atoms with Crippen LogP contribution in [0.4, 0.5) is 0 Å². The third-order valence-electron chi connectivity index (χ3n) is 5.79. The van der Waals surface area contributed by atoms with Crippen molar-refractivity contribution in [1.29, 1.82) is 0 Å². The lowest BCUT2D eigenvalue weighted by molar-refractivity contribution is 0.142. The number of benzene rings is 1. The van der Waals surface area contributed by atoms with Crippen molar-refractivity contribution in [2.75, 3.05) is 6.54 Å². The standard InChI is InChI=1S/C19H29N/c1-2-15-5-4-10-19(12-15,14-20)13-16-8-9-17-6-3-7-18(17)11-16/h8-9,11,15H,2-7,10,12-14,20H2,1H3. The zero-order valence-electron chi connectivity index (χ0n) is 13.0. The summed E-state index contributed by atoms with van der Waals surface area (Å²) in [6, 6.07) is 7.23. The number of rotatable bonds is 4. The van der Waals surface area contributed by atoms with Gasteiger partial charge in [0, 0.05) is 0 Å². The van der Waals surface area contributed by atoms with E-state index >= 15 is 0 Å². The molecule has 0 radical (unpaired) electrons. The molecule has 110 valence electrons. The SMILES string of the molecule is CCC1CCCC(CN)(Cc2ccc3c(c2)CCC3)C1. The molecule has 0 heterocycles. The van der Waals surface area contributed by atoms with Crippen molar-refractivity contribution in [1.82, 2.24) is 0 Å². The maximum absolute atomic E-state index is 6.22. The molecule has 3 rings (SSSR count). The topological polar surface area (TPSA) is 26.0 Å². The lowest BCUT2D eigenvalue weighted by atomic mass is 9.66. The number of nitrogens with two attached hydrogens (primary N) is 1. The van der Waals surface area contributed by atoms with Gasteiger partial charge in [0.25, 0.3) is 0 Å². The van der Waals surface area contributed by atoms with Gasteiger partial charge in [-0.1, -0.05) is 44.4 Å². The molecule has 1 fully saturated rings. The van der Waals surface area contributed by atoms with Crippen LogP contribution in [0, 0.1) is 11.3 Å². The Morgan fingerprint density at radius 3 is 2.85 bits per heavy atom. The second-order valence-electron chi connectivity index (χ2n) is 7.21. The maximum Gasteiger partial charge on any atom is -0.00172 e. The molecule has 2 atom stereocenters. The zero-order valence-corrected chi connectivity index (χ0v) is 13.0. The summed E-state index contributed by atoms with van der Waals surface area (Å²) < 4.78 is 0. The largest absolute Gasteiger partial charge is 0.330 e. The summed E-state index contributed by atoms with van der Waals surface area (Å²) in [6.45, 7) is 3.20. The quantitative estimate of drug-likeness (QED) is 0.870. The smallest absolute Gasteiger partial charge is 0.00172 e. The summed E-state index contributed by atoms with van der Waals surface area (Å²) in [5.41, 5.74) is 11.3. The molecule has 1 heteroatoms. The van der Waals surface area contributed by atoms with E-state index in [1.807, 2.05) is 0 Å². The van der Waals surface area contributed by atoms with Crippen molar-refractivity contribution in [3.05, 3.63) is 34.9 Å². The van der Waals surface area contributed by atoms with Crippen LogP contribution in [0.25, 0.3) is 0 Å². The van der Waals surface area contributed by atoms with Crippen molar-refractivity contribution < 1.29 is 0 Å². The van der Waals surface area contributed by atoms with Crippen LogP contribution in [0.2, 0.25) is 0 Å². The van der Waals surface area contributed by atoms with Crippen molar-refractivity contribution in [2.45, 2.75) is 64.7 Å². The van der Waals surface area contributed by atoms with E-state index in [1.54, 1.807) is 11.1 Å². The summed E-state index contributed by atoms with van der Waals surface area (Å²) in [7, 11) is 0. The molecular weight excluding hydrogens is 242 g/mol. The highest BCUT2D eigenvalue weighted by molar-refractivity contribution is 5.35. The highest BCUT2D eigenvalue weighted by Gasteiger charge is 2.34. The van der Waals surface area contributed by atoms with Crippen LogP contribution in [0.1, 0.15) is 62.1 Å². The molecule has 0 spiro atoms. The number of fused-ring (bicyclic) bond motifs is 1. The van der Waals surface area contributed by atoms with Gasteiger partial charge >= 0.3 is 0 Å². The van der Waals surface area contributed by atoms with Crippen LogP contribution in [-0.4, -0.2) is 6.54 Å². The van der Waals surface area contributed by atoms with Crippen molar-refractivity contribution >= 4 is 0 Å². The molecular formula is C19H29N. The minimum absolute atomic E-state index is 0.381. The van der Waals surface area contributed by atoms with Crippen LogP contribution in [0.3, 0.4) is 0 Å². The Morgan fingerprint density at radius 1 is 1.20 bits per heavy atom. The second kappa shape index (κ2) is 5.89. The molecule has 2 aliphatic carbocycles. The summed E-state index contributed by atoms with van der Waals surface area (Å²) in [6.07, 6.45) is 11.9. The molecule has 0 aliphatic heterocycles. The second-order valence-corrected chi connectivity index (χ2v) is 7.21. The van der Waals surface area contributed by atoms with Crippen LogP contribution in [0.15, 0.2) is 18.2 Å². The van der Waals surface area contributed by atoms with Gasteiger partial charge in [-0.3, -0.25) is 0 Å². The third kappa shape index (κ3) is 2.79. The first-order valence-corrected chi connectivity index (χ1v) is 8.55. The van der Waals surface area contributed by atoms with Crippen molar-refractivity contribution in [2.24, 2.45) is 17.1 Å². The van der Waals surface area contributed by atoms with E-state index < -0.39 is 0 Å². The molecule has 0 saturated heterocycles. The number of hydrogen-bond acceptors (Lipinski definition) is 1. The highest BCUT2D eigenvalue weighted by Crippen LogP contribution is 2.42. The number of aryl methyl sites for hydroxylation is 2. The first-order chi connectivity index (χ1) is 9.74. The summed E-state index contributed by atoms with van der Waals surface area (Å²) in [4.78, 5) is 0. The Balaban J connectivity index is 1.77. The molecule has 2 N–H and O–H groups in total. The molecule has 0 amide bonds. The van der Waals surface area contributed by atoms with Gasteiger partial charge in [0.15, 0.2) is 0 Å². The average Bonchev–Trinajstić information content (AvgIpc) is 2.95. The molecule has 1 aromatic rings. The van der Waals surface area contributed by atoms with Crippen molar-refractivity contribution in [3.8, 4) is 0 Å². The fourth-order valence-corrected chi connectivity index (χ4v) is 4.52. The Bertz CT molecular complexity index is 465. The van der Waals surface area contributed by atoms with Crippen molar-refractivity contribution in [3.63, 3.8) is 0 Å². The molecule has 0 bridgehead atoms. The Labute approximate surface area is 124 Å². The van der Waals surface area contributed by atoms with Gasteiger partial charge in [0.2, 0.25) is 0 Å². The molecule has 1 saturated carbocycles. The predicted molar refractivity (Wildman–Crippen MR) is 85.9 cm³/mol. The Morgan fingerprint density at radius 2 is 2.05 bits per heavy atom. The molecule has 20 heavy (non-hydrogen) atoms. The predicted octanol–water partition coefficient (Wildman–Crippen LogP) is 4.26. The van der Waals surface area contributed by atoms with E-state index in [4.69, 9.17) is 5.73 Å². The number of hydrogen-bond donors (Lipinski definition) is 1. The fourth-order valence-electron chi connectivity index (χ4n) is 4.52. The normalized spacial score (nSPS) is 29.4. The molecule has 2 unspecified atom stereocenters. The van der Waals surface area contributed by atoms with E-state index in [9.17, 15) is 0 Å². The monoisotopic (exact) mass is 271 g/mol. The maximum atomic E-state index is 6.22. The minimum Gasteiger partial charge on any atom is -0.330 e. The molecule has 2 aliphatic rings. The van der Waals surface area contributed by atoms with Gasteiger partial charge in [-0.15, -0.1) is 0 Å². The lowest BCUT2D eigenvalue weighted by Gasteiger charge is -2.40. The Hall–Kier alpha value is -0.820. The van der Waals surface area contributed by atoms with Gasteiger partial charge in [-0.2, -0.15) is 0 Å². The molecule has 1 nitrogen and oxygen atoms in total. The zero-order chi connectivity index (χ0) is 14.0. The van der Waals surface area contributed by atoms with Gasteiger partial charge in [0.1, 0.15) is 0 Å². The summed E-state index contributed by atoms with van der Waals surface area (Å²) in [5.74, 6) is 0.904. The Kier molecular flexibility index (Phi) is 4.16. The van der Waals surface area contributed by atoms with E-state index in [0.29, 0.717) is 5.41 Å². The molecule has 0 aromatic heterocycles. The van der Waals surface area contributed by atoms with Crippen LogP contribution < -0.4 is 5.73 Å². The first kappa shape index (κ1) is 14.1. The molecule has 1 aromatic carbocycles. The van der Waals surface area contributed by atoms with Crippen LogP contribution >= 0.6 is 0 Å². The van der Waals surface area contributed by atoms with Gasteiger partial charge in [-0.05, 0) is 73.1 Å². The fraction of sp³-hybridized carbons (Fsp3) is 0.684. The summed E-state index contributed by atoms with van der Waals surface area (Å²) in [5, 5.41) is 0. The van der Waals surface area contributed by atoms with E-state index in [-0.39, 0.29) is 0 Å². The van der Waals surface area contributed by atoms with Crippen LogP contribution in [-0.2, 0) is 19.3 Å². The van der Waals surface area contributed by atoms with Gasteiger partial charge in [0.05, 0.1) is 0 Å². The van der Waals surface area contributed by atoms with Gasteiger partial charge < -0.3 is 5.73 Å². The minimum atomic E-state index is 0.381. The van der Waals surface area contributed by atoms with Crippen LogP contribution in [0.5, 0.6) is 0 Å². The summed E-state index contributed by atoms with van der Waals surface area (Å²) >= 11 is 0. The highest BCUT2D eigenvalue weighted by atomic mass is 14.6. The van der Waals surface area contributed by atoms with E-state index in [1.165, 1.54) is 63.4 Å².